The van der Waals surface area contributed by atoms with Crippen molar-refractivity contribution in [1.29, 1.82) is 0 Å². The number of ether oxygens (including phenoxy) is 1. The molecule has 0 heterocycles. The molecule has 0 saturated carbocycles. The van der Waals surface area contributed by atoms with Crippen molar-refractivity contribution in [3.63, 3.8) is 0 Å². The largest absolute Gasteiger partial charge is 0.497 e. The summed E-state index contributed by atoms with van der Waals surface area (Å²) in [5, 5.41) is 8.96. The van der Waals surface area contributed by atoms with E-state index in [2.05, 4.69) is 0 Å². The van der Waals surface area contributed by atoms with Crippen LogP contribution in [0.25, 0.3) is 0 Å². The first-order valence-corrected chi connectivity index (χ1v) is 4.18. The van der Waals surface area contributed by atoms with Crippen LogP contribution in [0.2, 0.25) is 0 Å². The van der Waals surface area contributed by atoms with Crippen molar-refractivity contribution < 1.29 is 9.84 Å². The monoisotopic (exact) mass is 186 g/mol. The van der Waals surface area contributed by atoms with Gasteiger partial charge in [-0.15, -0.1) is 11.6 Å². The van der Waals surface area contributed by atoms with Crippen molar-refractivity contribution in [3.05, 3.63) is 29.3 Å². The van der Waals surface area contributed by atoms with E-state index in [1.165, 1.54) is 0 Å². The van der Waals surface area contributed by atoms with Crippen LogP contribution in [0.3, 0.4) is 0 Å². The Kier molecular flexibility index (Phi) is 3.38. The van der Waals surface area contributed by atoms with E-state index in [1.54, 1.807) is 13.2 Å². The standard InChI is InChI=1S/C9H11ClO2/c1-12-9-3-2-7(5-10)8(4-9)6-11/h2-4,11H,5-6H2,1H3. The average Bonchev–Trinajstić information content (AvgIpc) is 2.16. The van der Waals surface area contributed by atoms with Crippen molar-refractivity contribution >= 4 is 11.6 Å². The van der Waals surface area contributed by atoms with Crippen LogP contribution in [0.15, 0.2) is 18.2 Å². The van der Waals surface area contributed by atoms with Gasteiger partial charge in [-0.2, -0.15) is 0 Å². The Morgan fingerprint density at radius 1 is 1.42 bits per heavy atom. The van der Waals surface area contributed by atoms with Gasteiger partial charge in [0.25, 0.3) is 0 Å². The predicted molar refractivity (Wildman–Crippen MR) is 48.5 cm³/mol. The summed E-state index contributed by atoms with van der Waals surface area (Å²) >= 11 is 5.65. The highest BCUT2D eigenvalue weighted by Crippen LogP contribution is 2.18. The number of aliphatic hydroxyl groups excluding tert-OH is 1. The molecule has 0 amide bonds. The van der Waals surface area contributed by atoms with Crippen LogP contribution >= 0.6 is 11.6 Å². The molecule has 0 aromatic heterocycles. The molecule has 0 bridgehead atoms. The van der Waals surface area contributed by atoms with Gasteiger partial charge < -0.3 is 9.84 Å². The number of alkyl halides is 1. The SMILES string of the molecule is COc1ccc(CCl)c(CO)c1. The van der Waals surface area contributed by atoms with Crippen LogP contribution in [0.1, 0.15) is 11.1 Å². The third kappa shape index (κ3) is 1.90. The van der Waals surface area contributed by atoms with E-state index in [1.807, 2.05) is 12.1 Å². The van der Waals surface area contributed by atoms with Crippen LogP contribution in [-0.4, -0.2) is 12.2 Å². The van der Waals surface area contributed by atoms with Crippen LogP contribution in [0, 0.1) is 0 Å². The summed E-state index contributed by atoms with van der Waals surface area (Å²) in [5.41, 5.74) is 1.77. The molecule has 66 valence electrons. The van der Waals surface area contributed by atoms with Gasteiger partial charge in [-0.05, 0) is 23.3 Å². The normalized spacial score (nSPS) is 9.92. The van der Waals surface area contributed by atoms with Crippen molar-refractivity contribution in [1.82, 2.24) is 0 Å². The number of methoxy groups -OCH3 is 1. The summed E-state index contributed by atoms with van der Waals surface area (Å²) in [6, 6.07) is 5.48. The molecule has 0 fully saturated rings. The van der Waals surface area contributed by atoms with E-state index in [0.717, 1.165) is 16.9 Å². The maximum atomic E-state index is 8.96. The van der Waals surface area contributed by atoms with Crippen molar-refractivity contribution in [2.24, 2.45) is 0 Å². The number of benzene rings is 1. The van der Waals surface area contributed by atoms with Gasteiger partial charge in [0.1, 0.15) is 5.75 Å². The van der Waals surface area contributed by atoms with Crippen LogP contribution in [-0.2, 0) is 12.5 Å². The lowest BCUT2D eigenvalue weighted by molar-refractivity contribution is 0.280. The summed E-state index contributed by atoms with van der Waals surface area (Å²) in [6.45, 7) is -0.000741. The quantitative estimate of drug-likeness (QED) is 0.731. The minimum absolute atomic E-state index is 0.000741. The second-order valence-corrected chi connectivity index (χ2v) is 2.69. The second kappa shape index (κ2) is 4.33. The molecule has 0 aliphatic carbocycles. The fraction of sp³-hybridized carbons (Fsp3) is 0.333. The molecule has 0 aliphatic rings. The fourth-order valence-corrected chi connectivity index (χ4v) is 1.27. The maximum Gasteiger partial charge on any atom is 0.119 e. The summed E-state index contributed by atoms with van der Waals surface area (Å²) in [7, 11) is 1.59. The number of aliphatic hydroxyl groups is 1. The molecule has 0 unspecified atom stereocenters. The Morgan fingerprint density at radius 2 is 2.17 bits per heavy atom. The third-order valence-electron chi connectivity index (χ3n) is 1.73. The molecule has 1 rings (SSSR count). The topological polar surface area (TPSA) is 29.5 Å². The zero-order valence-electron chi connectivity index (χ0n) is 6.88. The minimum atomic E-state index is -0.000741. The van der Waals surface area contributed by atoms with E-state index >= 15 is 0 Å². The molecule has 1 N–H and O–H groups in total. The van der Waals surface area contributed by atoms with Gasteiger partial charge in [-0.25, -0.2) is 0 Å². The zero-order chi connectivity index (χ0) is 8.97. The number of rotatable bonds is 3. The van der Waals surface area contributed by atoms with Crippen molar-refractivity contribution in [2.45, 2.75) is 12.5 Å². The maximum absolute atomic E-state index is 8.96. The van der Waals surface area contributed by atoms with Gasteiger partial charge in [0.15, 0.2) is 0 Å². The third-order valence-corrected chi connectivity index (χ3v) is 2.02. The molecule has 0 radical (unpaired) electrons. The first-order chi connectivity index (χ1) is 5.81. The van der Waals surface area contributed by atoms with E-state index in [4.69, 9.17) is 21.4 Å². The van der Waals surface area contributed by atoms with Gasteiger partial charge in [-0.1, -0.05) is 6.07 Å². The van der Waals surface area contributed by atoms with Gasteiger partial charge >= 0.3 is 0 Å². The number of hydrogen-bond donors (Lipinski definition) is 1. The molecular formula is C9H11ClO2. The number of halogens is 1. The highest BCUT2D eigenvalue weighted by atomic mass is 35.5. The van der Waals surface area contributed by atoms with Crippen molar-refractivity contribution in [2.75, 3.05) is 7.11 Å². The minimum Gasteiger partial charge on any atom is -0.497 e. The van der Waals surface area contributed by atoms with Gasteiger partial charge in [-0.3, -0.25) is 0 Å². The van der Waals surface area contributed by atoms with E-state index in [-0.39, 0.29) is 6.61 Å². The van der Waals surface area contributed by atoms with Crippen LogP contribution in [0.5, 0.6) is 5.75 Å². The molecular weight excluding hydrogens is 176 g/mol. The Labute approximate surface area is 76.7 Å². The fourth-order valence-electron chi connectivity index (χ4n) is 1.01. The molecule has 2 nitrogen and oxygen atoms in total. The molecule has 0 aliphatic heterocycles. The van der Waals surface area contributed by atoms with Crippen LogP contribution in [0.4, 0.5) is 0 Å². The number of hydrogen-bond acceptors (Lipinski definition) is 2. The molecule has 0 atom stereocenters. The Morgan fingerprint density at radius 3 is 2.67 bits per heavy atom. The Bertz CT molecular complexity index is 261. The first kappa shape index (κ1) is 9.36. The summed E-state index contributed by atoms with van der Waals surface area (Å²) < 4.78 is 5.00. The molecule has 1 aromatic rings. The molecule has 0 saturated heterocycles. The summed E-state index contributed by atoms with van der Waals surface area (Å²) in [6.07, 6.45) is 0. The lowest BCUT2D eigenvalue weighted by Crippen LogP contribution is -1.92. The van der Waals surface area contributed by atoms with Crippen LogP contribution < -0.4 is 4.74 Å². The summed E-state index contributed by atoms with van der Waals surface area (Å²) in [5.74, 6) is 1.16. The lowest BCUT2D eigenvalue weighted by atomic mass is 10.1. The van der Waals surface area contributed by atoms with E-state index in [0.29, 0.717) is 5.88 Å². The smallest absolute Gasteiger partial charge is 0.119 e. The Hall–Kier alpha value is -0.730. The summed E-state index contributed by atoms with van der Waals surface area (Å²) in [4.78, 5) is 0. The lowest BCUT2D eigenvalue weighted by Gasteiger charge is -2.06. The molecule has 1 aromatic carbocycles. The van der Waals surface area contributed by atoms with Gasteiger partial charge in [0, 0.05) is 5.88 Å². The molecule has 3 heteroatoms. The van der Waals surface area contributed by atoms with Gasteiger partial charge in [0.2, 0.25) is 0 Å². The molecule has 12 heavy (non-hydrogen) atoms. The van der Waals surface area contributed by atoms with Crippen molar-refractivity contribution in [3.8, 4) is 5.75 Å². The highest BCUT2D eigenvalue weighted by molar-refractivity contribution is 6.17. The average molecular weight is 187 g/mol. The van der Waals surface area contributed by atoms with Gasteiger partial charge in [0.05, 0.1) is 13.7 Å². The zero-order valence-corrected chi connectivity index (χ0v) is 7.64. The van der Waals surface area contributed by atoms with E-state index < -0.39 is 0 Å². The Balaban J connectivity index is 3.02. The highest BCUT2D eigenvalue weighted by Gasteiger charge is 2.01. The van der Waals surface area contributed by atoms with E-state index in [9.17, 15) is 0 Å². The predicted octanol–water partition coefficient (Wildman–Crippen LogP) is 1.93. The second-order valence-electron chi connectivity index (χ2n) is 2.43. The molecule has 0 spiro atoms. The first-order valence-electron chi connectivity index (χ1n) is 3.64.